The lowest BCUT2D eigenvalue weighted by Gasteiger charge is -2.35. The topological polar surface area (TPSA) is 96.0 Å². The average Bonchev–Trinajstić information content (AvgIpc) is 3.02. The molecule has 8 nitrogen and oxygen atoms in total. The molecule has 4 rings (SSSR count). The van der Waals surface area contributed by atoms with Crippen molar-refractivity contribution in [2.75, 3.05) is 17.5 Å². The molecule has 10 heteroatoms. The number of carbonyl (C=O) groups is 2. The number of carbonyl (C=O) groups excluding carboxylic acids is 2. The quantitative estimate of drug-likeness (QED) is 0.182. The van der Waals surface area contributed by atoms with Crippen LogP contribution in [0, 0.1) is 12.7 Å². The molecule has 248 valence electrons. The summed E-state index contributed by atoms with van der Waals surface area (Å²) in [7, 11) is -4.36. The third-order valence-electron chi connectivity index (χ3n) is 7.32. The molecule has 0 heterocycles. The van der Waals surface area contributed by atoms with E-state index in [4.69, 9.17) is 4.74 Å². The van der Waals surface area contributed by atoms with Gasteiger partial charge in [-0.2, -0.15) is 0 Å². The van der Waals surface area contributed by atoms with Crippen LogP contribution in [0.15, 0.2) is 108 Å². The molecule has 4 aromatic carbocycles. The second-order valence-electron chi connectivity index (χ2n) is 12.3. The van der Waals surface area contributed by atoms with E-state index in [2.05, 4.69) is 5.32 Å². The predicted molar refractivity (Wildman–Crippen MR) is 182 cm³/mol. The predicted octanol–water partition coefficient (Wildman–Crippen LogP) is 6.28. The molecular weight excluding hydrogens is 617 g/mol. The normalized spacial score (nSPS) is 12.2. The Hall–Kier alpha value is -4.70. The number of rotatable bonds is 13. The van der Waals surface area contributed by atoms with E-state index in [1.165, 1.54) is 4.90 Å². The highest BCUT2D eigenvalue weighted by Crippen LogP contribution is 2.27. The smallest absolute Gasteiger partial charge is 0.264 e. The summed E-state index contributed by atoms with van der Waals surface area (Å²) in [5.41, 5.74) is 2.22. The van der Waals surface area contributed by atoms with E-state index in [-0.39, 0.29) is 29.5 Å². The van der Waals surface area contributed by atoms with E-state index in [1.807, 2.05) is 89.2 Å². The van der Waals surface area contributed by atoms with Crippen molar-refractivity contribution in [3.63, 3.8) is 0 Å². The van der Waals surface area contributed by atoms with Gasteiger partial charge in [-0.1, -0.05) is 60.2 Å². The van der Waals surface area contributed by atoms with Crippen molar-refractivity contribution in [1.29, 1.82) is 0 Å². The Morgan fingerprint density at radius 3 is 2.11 bits per heavy atom. The Bertz CT molecular complexity index is 1760. The minimum atomic E-state index is -4.36. The molecule has 0 radical (unpaired) electrons. The number of hydrogen-bond acceptors (Lipinski definition) is 5. The van der Waals surface area contributed by atoms with Crippen molar-refractivity contribution in [2.45, 2.75) is 64.1 Å². The van der Waals surface area contributed by atoms with Crippen LogP contribution in [0.25, 0.3) is 0 Å². The first-order valence-electron chi connectivity index (χ1n) is 15.5. The molecule has 0 unspecified atom stereocenters. The molecule has 2 amide bonds. The van der Waals surface area contributed by atoms with Crippen LogP contribution >= 0.6 is 0 Å². The fourth-order valence-electron chi connectivity index (χ4n) is 5.15. The molecule has 0 bridgehead atoms. The highest BCUT2D eigenvalue weighted by molar-refractivity contribution is 7.92. The fourth-order valence-corrected chi connectivity index (χ4v) is 6.57. The summed E-state index contributed by atoms with van der Waals surface area (Å²) in [6, 6.07) is 26.8. The number of hydrogen-bond donors (Lipinski definition) is 1. The minimum Gasteiger partial charge on any atom is -0.494 e. The number of sulfonamides is 1. The number of anilines is 1. The van der Waals surface area contributed by atoms with E-state index < -0.39 is 39.9 Å². The van der Waals surface area contributed by atoms with Gasteiger partial charge in [-0.15, -0.1) is 0 Å². The Balaban J connectivity index is 1.82. The molecule has 0 aliphatic carbocycles. The molecule has 1 N–H and O–H groups in total. The van der Waals surface area contributed by atoms with Gasteiger partial charge in [0.15, 0.2) is 0 Å². The summed E-state index contributed by atoms with van der Waals surface area (Å²) in [6.45, 7) is 9.22. The number of aryl methyl sites for hydroxylation is 1. The monoisotopic (exact) mass is 659 g/mol. The van der Waals surface area contributed by atoms with E-state index in [0.29, 0.717) is 12.4 Å². The van der Waals surface area contributed by atoms with Crippen molar-refractivity contribution >= 4 is 27.5 Å². The zero-order valence-electron chi connectivity index (χ0n) is 27.4. The molecule has 0 aromatic heterocycles. The summed E-state index contributed by atoms with van der Waals surface area (Å²) in [5, 5.41) is 3.02. The molecule has 0 aliphatic rings. The lowest BCUT2D eigenvalue weighted by atomic mass is 10.0. The van der Waals surface area contributed by atoms with Gasteiger partial charge in [0.2, 0.25) is 11.8 Å². The van der Waals surface area contributed by atoms with Crippen LogP contribution in [0.2, 0.25) is 0 Å². The molecule has 0 saturated heterocycles. The zero-order valence-corrected chi connectivity index (χ0v) is 28.3. The third-order valence-corrected chi connectivity index (χ3v) is 9.11. The largest absolute Gasteiger partial charge is 0.494 e. The number of nitrogens with one attached hydrogen (secondary N) is 1. The van der Waals surface area contributed by atoms with Gasteiger partial charge in [-0.05, 0) is 94.3 Å². The van der Waals surface area contributed by atoms with Gasteiger partial charge in [0.05, 0.1) is 17.2 Å². The standard InChI is InChI=1S/C37H42FN3O5S/c1-6-46-32-19-17-31(18-20-32)41(47(44,45)33-21-15-30(38)16-22-33)26-35(42)40(25-29-14-10-11-27(2)23-29)34(36(43)39-37(3,4)5)24-28-12-8-7-9-13-28/h7-23,34H,6,24-26H2,1-5H3,(H,39,43)/t34-/m1/s1. The van der Waals surface area contributed by atoms with E-state index in [1.54, 1.807) is 24.3 Å². The summed E-state index contributed by atoms with van der Waals surface area (Å²) < 4.78 is 48.6. The SMILES string of the molecule is CCOc1ccc(N(CC(=O)N(Cc2cccc(C)c2)[C@H](Cc2ccccc2)C(=O)NC(C)(C)C)S(=O)(=O)c2ccc(F)cc2)cc1. The molecule has 0 spiro atoms. The number of halogens is 1. The van der Waals surface area contributed by atoms with Crippen molar-refractivity contribution in [1.82, 2.24) is 10.2 Å². The number of benzene rings is 4. The van der Waals surface area contributed by atoms with Crippen LogP contribution in [0.5, 0.6) is 5.75 Å². The molecular formula is C37H42FN3O5S. The molecule has 0 aliphatic heterocycles. The van der Waals surface area contributed by atoms with Gasteiger partial charge in [0, 0.05) is 18.5 Å². The van der Waals surface area contributed by atoms with Crippen LogP contribution < -0.4 is 14.4 Å². The molecule has 4 aromatic rings. The van der Waals surface area contributed by atoms with Crippen molar-refractivity contribution in [3.05, 3.63) is 126 Å². The van der Waals surface area contributed by atoms with E-state index in [9.17, 15) is 22.4 Å². The second-order valence-corrected chi connectivity index (χ2v) is 14.2. The summed E-state index contributed by atoms with van der Waals surface area (Å²) in [5.74, 6) is -1.01. The van der Waals surface area contributed by atoms with Gasteiger partial charge in [0.1, 0.15) is 24.2 Å². The van der Waals surface area contributed by atoms with Gasteiger partial charge >= 0.3 is 0 Å². The maximum Gasteiger partial charge on any atom is 0.264 e. The Morgan fingerprint density at radius 1 is 0.872 bits per heavy atom. The highest BCUT2D eigenvalue weighted by atomic mass is 32.2. The van der Waals surface area contributed by atoms with Gasteiger partial charge in [-0.3, -0.25) is 13.9 Å². The summed E-state index contributed by atoms with van der Waals surface area (Å²) in [4.78, 5) is 29.8. The first-order chi connectivity index (χ1) is 22.3. The first-order valence-corrected chi connectivity index (χ1v) is 16.9. The van der Waals surface area contributed by atoms with Gasteiger partial charge in [-0.25, -0.2) is 12.8 Å². The summed E-state index contributed by atoms with van der Waals surface area (Å²) >= 11 is 0. The van der Waals surface area contributed by atoms with E-state index >= 15 is 0 Å². The van der Waals surface area contributed by atoms with Crippen molar-refractivity contribution in [3.8, 4) is 5.75 Å². The van der Waals surface area contributed by atoms with E-state index in [0.717, 1.165) is 45.3 Å². The number of ether oxygens (including phenoxy) is 1. The number of nitrogens with zero attached hydrogens (tertiary/aromatic N) is 2. The molecule has 0 fully saturated rings. The fraction of sp³-hybridized carbons (Fsp3) is 0.297. The summed E-state index contributed by atoms with van der Waals surface area (Å²) in [6.07, 6.45) is 0.202. The average molecular weight is 660 g/mol. The Kier molecular flexibility index (Phi) is 11.4. The van der Waals surface area contributed by atoms with Crippen LogP contribution in [-0.2, 0) is 32.6 Å². The van der Waals surface area contributed by atoms with Crippen LogP contribution in [0.3, 0.4) is 0 Å². The lowest BCUT2D eigenvalue weighted by Crippen LogP contribution is -2.56. The van der Waals surface area contributed by atoms with Crippen LogP contribution in [-0.4, -0.2) is 49.9 Å². The Morgan fingerprint density at radius 2 is 1.51 bits per heavy atom. The third kappa shape index (κ3) is 9.65. The molecule has 47 heavy (non-hydrogen) atoms. The van der Waals surface area contributed by atoms with Gasteiger partial charge in [0.25, 0.3) is 10.0 Å². The Labute approximate surface area is 277 Å². The van der Waals surface area contributed by atoms with Crippen LogP contribution in [0.4, 0.5) is 10.1 Å². The van der Waals surface area contributed by atoms with Gasteiger partial charge < -0.3 is 15.0 Å². The molecule has 1 atom stereocenters. The molecule has 0 saturated carbocycles. The maximum absolute atomic E-state index is 14.6. The lowest BCUT2D eigenvalue weighted by molar-refractivity contribution is -0.140. The minimum absolute atomic E-state index is 0.0588. The number of amides is 2. The van der Waals surface area contributed by atoms with Crippen molar-refractivity contribution in [2.24, 2.45) is 0 Å². The second kappa shape index (κ2) is 15.3. The van der Waals surface area contributed by atoms with Crippen molar-refractivity contribution < 1.29 is 27.1 Å². The first kappa shape index (κ1) is 35.2. The highest BCUT2D eigenvalue weighted by Gasteiger charge is 2.35. The maximum atomic E-state index is 14.6. The zero-order chi connectivity index (χ0) is 34.2. The van der Waals surface area contributed by atoms with Crippen LogP contribution in [0.1, 0.15) is 44.4 Å².